The van der Waals surface area contributed by atoms with Crippen molar-refractivity contribution in [2.75, 3.05) is 27.4 Å². The number of carbonyl (C=O) groups excluding carboxylic acids is 2. The third kappa shape index (κ3) is 12.4. The Balaban J connectivity index is 0.000000178. The second kappa shape index (κ2) is 24.4. The summed E-state index contributed by atoms with van der Waals surface area (Å²) in [6, 6.07) is 21.7. The molecule has 8 aromatic rings. The van der Waals surface area contributed by atoms with Crippen molar-refractivity contribution in [3.8, 4) is 43.4 Å². The summed E-state index contributed by atoms with van der Waals surface area (Å²) in [6.45, 7) is 10.7. The second-order valence-corrected chi connectivity index (χ2v) is 24.2. The van der Waals surface area contributed by atoms with Crippen molar-refractivity contribution in [2.45, 2.75) is 129 Å². The minimum absolute atomic E-state index is 0.289. The summed E-state index contributed by atoms with van der Waals surface area (Å²) in [5.74, 6) is 1.85. The summed E-state index contributed by atoms with van der Waals surface area (Å²) < 4.78 is 12.6. The summed E-state index contributed by atoms with van der Waals surface area (Å²) >= 11 is 7.17. The van der Waals surface area contributed by atoms with Crippen LogP contribution in [0.3, 0.4) is 0 Å². The molecule has 6 aromatic heterocycles. The van der Waals surface area contributed by atoms with E-state index < -0.39 is 0 Å². The number of fused-ring (bicyclic) bond motifs is 4. The number of hydrogen-bond donors (Lipinski definition) is 1. The number of benzene rings is 2. The van der Waals surface area contributed by atoms with E-state index in [0.29, 0.717) is 55.1 Å². The number of thiophene rings is 2. The number of hydrogen-bond acceptors (Lipinski definition) is 13. The number of unbranched alkanes of at least 4 members (excludes halogenated alkanes) is 4. The van der Waals surface area contributed by atoms with Crippen LogP contribution < -0.4 is 5.32 Å². The Morgan fingerprint density at radius 2 is 1.12 bits per heavy atom. The molecule has 1 aliphatic heterocycles. The number of methoxy groups -OCH3 is 2. The van der Waals surface area contributed by atoms with Gasteiger partial charge in [-0.15, -0.1) is 45.3 Å². The zero-order valence-electron chi connectivity index (χ0n) is 42.6. The van der Waals surface area contributed by atoms with Gasteiger partial charge in [-0.2, -0.15) is 0 Å². The molecule has 1 aliphatic carbocycles. The molecule has 2 aliphatic rings. The number of nitrogens with one attached hydrogen (secondary N) is 1. The molecule has 0 saturated heterocycles. The number of ether oxygens (including phenoxy) is 2. The molecule has 4 unspecified atom stereocenters. The van der Waals surface area contributed by atoms with Crippen LogP contribution in [-0.4, -0.2) is 65.0 Å². The first-order valence-electron chi connectivity index (χ1n) is 25.8. The lowest BCUT2D eigenvalue weighted by molar-refractivity contribution is -0.119. The molecule has 13 heteroatoms. The number of nitrogens with zero attached hydrogens (tertiary/aromatic N) is 4. The molecule has 10 rings (SSSR count). The molecule has 376 valence electrons. The van der Waals surface area contributed by atoms with Gasteiger partial charge in [0.2, 0.25) is 0 Å². The lowest BCUT2D eigenvalue weighted by Gasteiger charge is -2.26. The molecular weight excluding hydrogens is 971 g/mol. The van der Waals surface area contributed by atoms with E-state index in [2.05, 4.69) is 91.5 Å². The van der Waals surface area contributed by atoms with Gasteiger partial charge in [0.25, 0.3) is 0 Å². The van der Waals surface area contributed by atoms with Crippen molar-refractivity contribution in [2.24, 2.45) is 5.92 Å². The molecule has 7 heterocycles. The van der Waals surface area contributed by atoms with E-state index >= 15 is 0 Å². The molecule has 0 fully saturated rings. The Kier molecular flexibility index (Phi) is 17.7. The SMILES string of the molecule is COCCCCCC(=O)Cc1sc2c(c1-c1nc3ccc(-c4cccnc4)cc3s1)CC(C)CC2C.COCCCCCC(=O)Cc1sc2c(c1-c1nc3ccc(-c4cccnc4)cc3s1)CC(C)NC2C. The number of Topliss-reactive ketones (excluding diaryl/α,β-unsaturated/α-hetero) is 2. The van der Waals surface area contributed by atoms with Gasteiger partial charge in [-0.05, 0) is 129 Å². The van der Waals surface area contributed by atoms with Crippen molar-refractivity contribution < 1.29 is 19.1 Å². The van der Waals surface area contributed by atoms with Crippen LogP contribution in [0.1, 0.15) is 128 Å². The van der Waals surface area contributed by atoms with Crippen molar-refractivity contribution in [1.29, 1.82) is 0 Å². The first-order valence-corrected chi connectivity index (χ1v) is 29.0. The van der Waals surface area contributed by atoms with Crippen LogP contribution in [0.4, 0.5) is 0 Å². The number of pyridine rings is 2. The third-order valence-corrected chi connectivity index (χ3v) is 18.9. The first-order chi connectivity index (χ1) is 35.1. The molecule has 72 heavy (non-hydrogen) atoms. The van der Waals surface area contributed by atoms with Crippen molar-refractivity contribution in [1.82, 2.24) is 25.3 Å². The van der Waals surface area contributed by atoms with Crippen LogP contribution in [0.15, 0.2) is 85.5 Å². The standard InChI is InChI=1S/C30H34N2O2S2.C29H33N3O2S2/c1-19-14-20(2)29-24(15-19)28(27(35-29)17-23(33)9-5-4-6-13-34-3)30-32-25-11-10-21(16-26(25)36-30)22-8-7-12-31-18-22;1-18-14-23-27(26(35-28(23)19(2)31-18)16-22(33)9-5-4-6-13-34-3)29-32-24-11-10-20(15-25(24)36-29)21-8-7-12-30-17-21/h7-8,10-12,16,18-20H,4-6,9,13-15,17H2,1-3H3;7-8,10-12,15,17-19,31H,4-6,9,13-14,16H2,1-3H3. The maximum atomic E-state index is 13.0. The Hall–Kier alpha value is -4.86. The van der Waals surface area contributed by atoms with E-state index in [-0.39, 0.29) is 6.04 Å². The van der Waals surface area contributed by atoms with Crippen LogP contribution in [0.2, 0.25) is 0 Å². The van der Waals surface area contributed by atoms with Crippen LogP contribution >= 0.6 is 45.3 Å². The Morgan fingerprint density at radius 1 is 0.611 bits per heavy atom. The van der Waals surface area contributed by atoms with Crippen LogP contribution in [0.5, 0.6) is 0 Å². The molecule has 4 atom stereocenters. The molecule has 0 radical (unpaired) electrons. The largest absolute Gasteiger partial charge is 0.385 e. The van der Waals surface area contributed by atoms with Crippen molar-refractivity contribution >= 4 is 77.3 Å². The summed E-state index contributed by atoms with van der Waals surface area (Å²) in [5.41, 5.74) is 11.8. The number of rotatable bonds is 20. The number of aromatic nitrogens is 4. The highest BCUT2D eigenvalue weighted by molar-refractivity contribution is 7.22. The average Bonchev–Trinajstić information content (AvgIpc) is 4.17. The fraction of sp³-hybridized carbons (Fsp3) is 0.424. The maximum absolute atomic E-state index is 13.0. The van der Waals surface area contributed by atoms with Gasteiger partial charge < -0.3 is 14.8 Å². The van der Waals surface area contributed by atoms with Gasteiger partial charge in [0.15, 0.2) is 0 Å². The van der Waals surface area contributed by atoms with E-state index in [1.807, 2.05) is 47.2 Å². The Labute approximate surface area is 440 Å². The normalized spacial score (nSPS) is 17.4. The van der Waals surface area contributed by atoms with Gasteiger partial charge in [0.1, 0.15) is 21.6 Å². The van der Waals surface area contributed by atoms with Gasteiger partial charge in [-0.3, -0.25) is 19.6 Å². The summed E-state index contributed by atoms with van der Waals surface area (Å²) in [7, 11) is 3.46. The number of carbonyl (C=O) groups is 2. The highest BCUT2D eigenvalue weighted by Gasteiger charge is 2.32. The van der Waals surface area contributed by atoms with Gasteiger partial charge >= 0.3 is 0 Å². The lowest BCUT2D eigenvalue weighted by Crippen LogP contribution is -2.35. The lowest BCUT2D eigenvalue weighted by atomic mass is 9.81. The van der Waals surface area contributed by atoms with Gasteiger partial charge in [0, 0.05) is 132 Å². The first kappa shape index (κ1) is 52.0. The zero-order valence-corrected chi connectivity index (χ0v) is 45.8. The number of thiazole rings is 2. The topological polar surface area (TPSA) is 116 Å². The quantitative estimate of drug-likeness (QED) is 0.0745. The van der Waals surface area contributed by atoms with E-state index in [1.165, 1.54) is 52.9 Å². The highest BCUT2D eigenvalue weighted by Crippen LogP contribution is 2.49. The molecule has 0 amide bonds. The minimum atomic E-state index is 0.289. The van der Waals surface area contributed by atoms with Gasteiger partial charge in [-0.25, -0.2) is 9.97 Å². The third-order valence-electron chi connectivity index (χ3n) is 13.9. The predicted molar refractivity (Wildman–Crippen MR) is 301 cm³/mol. The van der Waals surface area contributed by atoms with E-state index in [9.17, 15) is 9.59 Å². The van der Waals surface area contributed by atoms with Crippen molar-refractivity contribution in [3.63, 3.8) is 0 Å². The van der Waals surface area contributed by atoms with E-state index in [0.717, 1.165) is 113 Å². The molecular formula is C59H67N5O4S4. The van der Waals surface area contributed by atoms with Crippen LogP contribution in [0.25, 0.3) is 63.8 Å². The Morgan fingerprint density at radius 3 is 1.62 bits per heavy atom. The number of ketones is 2. The fourth-order valence-corrected chi connectivity index (χ4v) is 15.6. The highest BCUT2D eigenvalue weighted by atomic mass is 32.1. The molecule has 0 spiro atoms. The van der Waals surface area contributed by atoms with E-state index in [1.54, 1.807) is 49.3 Å². The monoisotopic (exact) mass is 1040 g/mol. The van der Waals surface area contributed by atoms with Crippen molar-refractivity contribution in [3.05, 3.63) is 116 Å². The Bertz CT molecular complexity index is 2900. The van der Waals surface area contributed by atoms with E-state index in [4.69, 9.17) is 19.4 Å². The summed E-state index contributed by atoms with van der Waals surface area (Å²) in [5, 5.41) is 5.78. The second-order valence-electron chi connectivity index (χ2n) is 19.8. The van der Waals surface area contributed by atoms with Gasteiger partial charge in [-0.1, -0.05) is 51.0 Å². The molecule has 9 nitrogen and oxygen atoms in total. The van der Waals surface area contributed by atoms with Gasteiger partial charge in [0.05, 0.1) is 20.4 Å². The molecule has 0 bridgehead atoms. The maximum Gasteiger partial charge on any atom is 0.138 e. The molecule has 1 N–H and O–H groups in total. The molecule has 2 aromatic carbocycles. The fourth-order valence-electron chi connectivity index (χ4n) is 10.5. The minimum Gasteiger partial charge on any atom is -0.385 e. The van der Waals surface area contributed by atoms with Crippen LogP contribution in [0, 0.1) is 5.92 Å². The summed E-state index contributed by atoms with van der Waals surface area (Å²) in [4.78, 5) is 50.0. The summed E-state index contributed by atoms with van der Waals surface area (Å²) in [6.07, 6.45) is 18.9. The van der Waals surface area contributed by atoms with Crippen LogP contribution in [-0.2, 0) is 44.7 Å². The predicted octanol–water partition coefficient (Wildman–Crippen LogP) is 15.1. The smallest absolute Gasteiger partial charge is 0.138 e. The molecule has 0 saturated carbocycles. The average molecular weight is 1040 g/mol. The zero-order chi connectivity index (χ0) is 50.1.